The normalized spacial score (nSPS) is 15.9. The number of methoxy groups -OCH3 is 2. The van der Waals surface area contributed by atoms with Crippen molar-refractivity contribution < 1.29 is 28.2 Å². The van der Waals surface area contributed by atoms with Gasteiger partial charge >= 0.3 is 11.9 Å². The van der Waals surface area contributed by atoms with Crippen LogP contribution in [0.4, 0.5) is 0 Å². The fourth-order valence-corrected chi connectivity index (χ4v) is 2.25. The van der Waals surface area contributed by atoms with Crippen molar-refractivity contribution in [2.24, 2.45) is 0 Å². The number of thiol groups is 2. The molecule has 23 heavy (non-hydrogen) atoms. The summed E-state index contributed by atoms with van der Waals surface area (Å²) in [6.45, 7) is 0.606. The molecule has 1 N–H and O–H groups in total. The van der Waals surface area contributed by atoms with Gasteiger partial charge in [-0.15, -0.1) is 0 Å². The van der Waals surface area contributed by atoms with Gasteiger partial charge in [-0.3, -0.25) is 9.59 Å². The predicted molar refractivity (Wildman–Crippen MR) is 102 cm³/mol. The molecule has 0 spiro atoms. The number of nitrogens with one attached hydrogen (secondary N) is 1. The molecule has 0 amide bonds. The van der Waals surface area contributed by atoms with Crippen molar-refractivity contribution in [3.8, 4) is 0 Å². The van der Waals surface area contributed by atoms with Crippen LogP contribution in [0.1, 0.15) is 12.8 Å². The molecule has 0 fully saturated rings. The van der Waals surface area contributed by atoms with Crippen molar-refractivity contribution in [3.05, 3.63) is 0 Å². The molecule has 132 valence electrons. The van der Waals surface area contributed by atoms with Crippen molar-refractivity contribution in [1.82, 2.24) is 5.53 Å². The van der Waals surface area contributed by atoms with Gasteiger partial charge < -0.3 is 9.47 Å². The molecule has 0 heterocycles. The monoisotopic (exact) mass is 401 g/mol. The average molecular weight is 402 g/mol. The van der Waals surface area contributed by atoms with Crippen molar-refractivity contribution in [2.75, 3.05) is 41.4 Å². The summed E-state index contributed by atoms with van der Waals surface area (Å²) in [5.74, 6) is -0.726. The molecule has 0 aliphatic heterocycles. The summed E-state index contributed by atoms with van der Waals surface area (Å²) >= 11 is 18.8. The standard InChI is InChI=1S/C12H21N3O4S4/c1-14(11(20)21,7-5-9(16)18-3)13-15(2,12(22)23)8-6-10(17)19-4/h13H,5-8H2,1-4H3/p+2. The van der Waals surface area contributed by atoms with Gasteiger partial charge in [-0.2, -0.15) is 9.18 Å². The molecule has 0 aliphatic carbocycles. The lowest BCUT2D eigenvalue weighted by molar-refractivity contribution is -1.07. The topological polar surface area (TPSA) is 64.6 Å². The lowest BCUT2D eigenvalue weighted by Crippen LogP contribution is -2.72. The Labute approximate surface area is 158 Å². The van der Waals surface area contributed by atoms with Gasteiger partial charge in [0.2, 0.25) is 0 Å². The van der Waals surface area contributed by atoms with Crippen LogP contribution in [-0.4, -0.2) is 71.2 Å². The van der Waals surface area contributed by atoms with E-state index in [1.807, 2.05) is 0 Å². The first kappa shape index (κ1) is 22.7. The third-order valence-electron chi connectivity index (χ3n) is 3.27. The number of ether oxygens (including phenoxy) is 2. The van der Waals surface area contributed by atoms with E-state index in [0.717, 1.165) is 0 Å². The Bertz CT molecular complexity index is 449. The molecular formula is C12H23N3O4S4+2. The highest BCUT2D eigenvalue weighted by molar-refractivity contribution is 8.10. The Hall–Kier alpha value is -0.300. The lowest BCUT2D eigenvalue weighted by Gasteiger charge is -2.39. The molecule has 0 rings (SSSR count). The zero-order valence-electron chi connectivity index (χ0n) is 13.6. The summed E-state index contributed by atoms with van der Waals surface area (Å²) in [7, 11) is 6.13. The van der Waals surface area contributed by atoms with Gasteiger partial charge in [-0.1, -0.05) is 25.3 Å². The number of nitrogens with zero attached hydrogens (tertiary/aromatic N) is 2. The fourth-order valence-electron chi connectivity index (χ4n) is 1.70. The van der Waals surface area contributed by atoms with E-state index in [1.165, 1.54) is 14.2 Å². The number of quaternary nitrogens is 2. The van der Waals surface area contributed by atoms with Crippen molar-refractivity contribution in [2.45, 2.75) is 12.8 Å². The van der Waals surface area contributed by atoms with Gasteiger partial charge in [0.25, 0.3) is 8.64 Å². The second-order valence-electron chi connectivity index (χ2n) is 5.15. The first-order chi connectivity index (χ1) is 10.5. The van der Waals surface area contributed by atoms with Crippen LogP contribution in [0.25, 0.3) is 0 Å². The van der Waals surface area contributed by atoms with Gasteiger partial charge in [0.1, 0.15) is 13.1 Å². The minimum Gasteiger partial charge on any atom is -0.469 e. The van der Waals surface area contributed by atoms with Crippen LogP contribution in [0.5, 0.6) is 0 Å². The molecule has 0 aromatic heterocycles. The highest BCUT2D eigenvalue weighted by Crippen LogP contribution is 2.14. The number of thiocarbonyl (C=S) groups is 2. The Kier molecular flexibility index (Phi) is 9.74. The first-order valence-electron chi connectivity index (χ1n) is 6.62. The maximum Gasteiger partial charge on any atom is 0.311 e. The number of hydrogen-bond acceptors (Lipinski definition) is 7. The molecule has 0 bridgehead atoms. The second kappa shape index (κ2) is 9.87. The predicted octanol–water partition coefficient (Wildman–Crippen LogP) is 0.855. The minimum absolute atomic E-state index is 0.0358. The van der Waals surface area contributed by atoms with Crippen LogP contribution in [-0.2, 0) is 19.1 Å². The molecule has 0 aromatic carbocycles. The molecular weight excluding hydrogens is 378 g/mol. The molecule has 11 heteroatoms. The van der Waals surface area contributed by atoms with E-state index in [-0.39, 0.29) is 34.0 Å². The minimum atomic E-state index is -0.363. The molecule has 0 aromatic rings. The zero-order chi connectivity index (χ0) is 18.3. The van der Waals surface area contributed by atoms with Crippen molar-refractivity contribution >= 4 is 70.3 Å². The molecule has 0 saturated carbocycles. The maximum atomic E-state index is 11.4. The zero-order valence-corrected chi connectivity index (χ0v) is 17.0. The highest BCUT2D eigenvalue weighted by Gasteiger charge is 2.40. The largest absolute Gasteiger partial charge is 0.469 e. The smallest absolute Gasteiger partial charge is 0.311 e. The van der Waals surface area contributed by atoms with Crippen LogP contribution in [0, 0.1) is 0 Å². The molecule has 0 radical (unpaired) electrons. The number of esters is 2. The van der Waals surface area contributed by atoms with Crippen molar-refractivity contribution in [1.29, 1.82) is 0 Å². The van der Waals surface area contributed by atoms with E-state index in [1.54, 1.807) is 14.1 Å². The Morgan fingerprint density at radius 3 is 1.43 bits per heavy atom. The molecule has 7 nitrogen and oxygen atoms in total. The van der Waals surface area contributed by atoms with Gasteiger partial charge in [0, 0.05) is 5.53 Å². The van der Waals surface area contributed by atoms with Crippen LogP contribution in [0.15, 0.2) is 0 Å². The summed E-state index contributed by atoms with van der Waals surface area (Å²) in [6, 6.07) is 0. The quantitative estimate of drug-likeness (QED) is 0.183. The maximum absolute atomic E-state index is 11.4. The van der Waals surface area contributed by atoms with E-state index in [4.69, 9.17) is 24.4 Å². The van der Waals surface area contributed by atoms with Gasteiger partial charge in [-0.25, -0.2) is 0 Å². The number of carbonyl (C=O) groups excluding carboxylic acids is 2. The van der Waals surface area contributed by atoms with Crippen molar-refractivity contribution in [3.63, 3.8) is 0 Å². The average Bonchev–Trinajstić information content (AvgIpc) is 2.49. The van der Waals surface area contributed by atoms with Gasteiger partial charge in [0.05, 0.1) is 41.2 Å². The van der Waals surface area contributed by atoms with Crippen LogP contribution < -0.4 is 5.53 Å². The summed E-state index contributed by atoms with van der Waals surface area (Å²) in [6.07, 6.45) is 0.272. The lowest BCUT2D eigenvalue weighted by atomic mass is 10.4. The number of hydrogen-bond donors (Lipinski definition) is 3. The summed E-state index contributed by atoms with van der Waals surface area (Å²) < 4.78 is 9.83. The molecule has 2 atom stereocenters. The first-order valence-corrected chi connectivity index (χ1v) is 8.33. The Morgan fingerprint density at radius 1 is 0.913 bits per heavy atom. The van der Waals surface area contributed by atoms with Gasteiger partial charge in [0.15, 0.2) is 0 Å². The Balaban J connectivity index is 5.22. The third kappa shape index (κ3) is 7.42. The van der Waals surface area contributed by atoms with E-state index in [2.05, 4.69) is 40.3 Å². The van der Waals surface area contributed by atoms with E-state index in [9.17, 15) is 9.59 Å². The van der Waals surface area contributed by atoms with Crippen LogP contribution in [0.3, 0.4) is 0 Å². The van der Waals surface area contributed by atoms with Crippen LogP contribution in [0.2, 0.25) is 0 Å². The highest BCUT2D eigenvalue weighted by atomic mass is 32.1. The van der Waals surface area contributed by atoms with E-state index >= 15 is 0 Å². The Morgan fingerprint density at radius 2 is 1.22 bits per heavy atom. The SMILES string of the molecule is COC(=O)CC[N+](C)(N[N+](C)(CCC(=O)OC)C(=S)S)C(=S)S. The molecule has 2 unspecified atom stereocenters. The van der Waals surface area contributed by atoms with Gasteiger partial charge in [-0.05, 0) is 24.4 Å². The fraction of sp³-hybridized carbons (Fsp3) is 0.667. The molecule has 0 saturated heterocycles. The summed E-state index contributed by atoms with van der Waals surface area (Å²) in [4.78, 5) is 22.8. The molecule has 0 aliphatic rings. The summed E-state index contributed by atoms with van der Waals surface area (Å²) in [5.41, 5.74) is 3.19. The van der Waals surface area contributed by atoms with Crippen LogP contribution >= 0.6 is 49.7 Å². The van der Waals surface area contributed by atoms with E-state index < -0.39 is 0 Å². The van der Waals surface area contributed by atoms with E-state index in [0.29, 0.717) is 21.7 Å². The summed E-state index contributed by atoms with van der Waals surface area (Å²) in [5, 5.41) is 0. The number of rotatable bonds is 8. The second-order valence-corrected chi connectivity index (χ2v) is 7.37. The third-order valence-corrected chi connectivity index (χ3v) is 4.96. The number of carbonyl (C=O) groups is 2.